The fourth-order valence-electron chi connectivity index (χ4n) is 3.51. The highest BCUT2D eigenvalue weighted by Crippen LogP contribution is 2.28. The van der Waals surface area contributed by atoms with Gasteiger partial charge in [0.2, 0.25) is 11.9 Å². The zero-order valence-corrected chi connectivity index (χ0v) is 17.5. The number of nitrogens with zero attached hydrogens (tertiary/aromatic N) is 5. The van der Waals surface area contributed by atoms with E-state index in [0.29, 0.717) is 16.8 Å². The van der Waals surface area contributed by atoms with Crippen LogP contribution in [0, 0.1) is 0 Å². The van der Waals surface area contributed by atoms with E-state index in [1.165, 1.54) is 6.20 Å². The van der Waals surface area contributed by atoms with Crippen LogP contribution in [0.4, 0.5) is 17.5 Å². The number of amides is 1. The lowest BCUT2D eigenvalue weighted by molar-refractivity contribution is -0.133. The molecule has 1 aliphatic heterocycles. The molecule has 1 fully saturated rings. The van der Waals surface area contributed by atoms with Crippen molar-refractivity contribution in [1.29, 1.82) is 0 Å². The summed E-state index contributed by atoms with van der Waals surface area (Å²) in [5, 5.41) is 10.8. The summed E-state index contributed by atoms with van der Waals surface area (Å²) in [7, 11) is 1.83. The van der Waals surface area contributed by atoms with E-state index in [-0.39, 0.29) is 5.91 Å². The number of hydrogen-bond donors (Lipinski definition) is 2. The molecule has 2 aromatic heterocycles. The van der Waals surface area contributed by atoms with Crippen molar-refractivity contribution >= 4 is 35.0 Å². The molecule has 0 spiro atoms. The number of aromatic nitrogens is 4. The molecule has 3 heterocycles. The van der Waals surface area contributed by atoms with E-state index in [9.17, 15) is 4.79 Å². The minimum absolute atomic E-state index is 0.0253. The Bertz CT molecular complexity index is 1000. The highest BCUT2D eigenvalue weighted by Gasteiger charge is 2.28. The summed E-state index contributed by atoms with van der Waals surface area (Å²) in [5.41, 5.74) is 1.62. The summed E-state index contributed by atoms with van der Waals surface area (Å²) in [6, 6.07) is 9.06. The molecule has 1 saturated heterocycles. The number of aryl methyl sites for hydroxylation is 1. The van der Waals surface area contributed by atoms with Crippen molar-refractivity contribution in [3.63, 3.8) is 0 Å². The first-order chi connectivity index (χ1) is 14.6. The third-order valence-electron chi connectivity index (χ3n) is 5.03. The first-order valence-electron chi connectivity index (χ1n) is 9.98. The fourth-order valence-corrected chi connectivity index (χ4v) is 3.66. The number of carbonyl (C=O) groups excluding carboxylic acids is 1. The summed E-state index contributed by atoms with van der Waals surface area (Å²) < 4.78 is 1.68. The number of benzene rings is 1. The lowest BCUT2D eigenvalue weighted by Crippen LogP contribution is -2.41. The van der Waals surface area contributed by atoms with Gasteiger partial charge in [0.1, 0.15) is 11.1 Å². The molecule has 1 aromatic carbocycles. The lowest BCUT2D eigenvalue weighted by Gasteiger charge is -2.31. The molecule has 1 aliphatic rings. The molecule has 8 nitrogen and oxygen atoms in total. The van der Waals surface area contributed by atoms with Crippen LogP contribution in [-0.2, 0) is 11.8 Å². The summed E-state index contributed by atoms with van der Waals surface area (Å²) >= 11 is 6.37. The van der Waals surface area contributed by atoms with Gasteiger partial charge in [-0.25, -0.2) is 4.98 Å². The molecule has 9 heteroatoms. The van der Waals surface area contributed by atoms with Gasteiger partial charge in [0.15, 0.2) is 5.82 Å². The third-order valence-corrected chi connectivity index (χ3v) is 5.31. The summed E-state index contributed by atoms with van der Waals surface area (Å²) in [6.07, 6.45) is 8.23. The number of anilines is 3. The van der Waals surface area contributed by atoms with Crippen LogP contribution in [0.3, 0.4) is 0 Å². The smallest absolute Gasteiger partial charge is 0.249 e. The van der Waals surface area contributed by atoms with Crippen LogP contribution in [0.5, 0.6) is 0 Å². The van der Waals surface area contributed by atoms with Gasteiger partial charge in [-0.3, -0.25) is 9.48 Å². The van der Waals surface area contributed by atoms with E-state index in [0.717, 1.165) is 43.6 Å². The van der Waals surface area contributed by atoms with Crippen molar-refractivity contribution in [2.24, 2.45) is 7.05 Å². The van der Waals surface area contributed by atoms with Gasteiger partial charge in [-0.15, -0.1) is 0 Å². The van der Waals surface area contributed by atoms with Gasteiger partial charge in [0.05, 0.1) is 18.1 Å². The number of nitrogens with one attached hydrogen (secondary N) is 2. The second-order valence-electron chi connectivity index (χ2n) is 7.29. The first kappa shape index (κ1) is 20.2. The molecule has 4 rings (SSSR count). The Hall–Kier alpha value is -3.13. The Labute approximate surface area is 180 Å². The summed E-state index contributed by atoms with van der Waals surface area (Å²) in [4.78, 5) is 24.0. The molecular weight excluding hydrogens is 402 g/mol. The molecule has 0 unspecified atom stereocenters. The Kier molecular flexibility index (Phi) is 6.13. The van der Waals surface area contributed by atoms with Crippen LogP contribution in [0.25, 0.3) is 0 Å². The summed E-state index contributed by atoms with van der Waals surface area (Å²) in [6.45, 7) is 1.55. The molecule has 30 heavy (non-hydrogen) atoms. The molecular formula is C21H24ClN7O. The Morgan fingerprint density at radius 1 is 1.13 bits per heavy atom. The van der Waals surface area contributed by atoms with E-state index in [1.807, 2.05) is 48.5 Å². The Balaban J connectivity index is 1.60. The first-order valence-corrected chi connectivity index (χ1v) is 10.4. The predicted molar refractivity (Wildman–Crippen MR) is 117 cm³/mol. The average molecular weight is 426 g/mol. The molecule has 156 valence electrons. The molecule has 1 atom stereocenters. The molecule has 3 aromatic rings. The minimum atomic E-state index is -0.581. The van der Waals surface area contributed by atoms with Gasteiger partial charge in [-0.05, 0) is 24.8 Å². The molecule has 0 bridgehead atoms. The molecule has 0 saturated carbocycles. The number of likely N-dealkylation sites (tertiary alicyclic amines) is 1. The number of piperidine rings is 1. The van der Waals surface area contributed by atoms with Gasteiger partial charge in [-0.2, -0.15) is 10.1 Å². The van der Waals surface area contributed by atoms with Gasteiger partial charge in [0, 0.05) is 26.3 Å². The SMILES string of the molecule is Cn1cc(Nc2ncc(Cl)c(N[C@H](C(=O)N3CCCCC3)c3ccccc3)n2)cn1. The highest BCUT2D eigenvalue weighted by atomic mass is 35.5. The van der Waals surface area contributed by atoms with Gasteiger partial charge >= 0.3 is 0 Å². The van der Waals surface area contributed by atoms with E-state index < -0.39 is 6.04 Å². The Morgan fingerprint density at radius 3 is 2.60 bits per heavy atom. The quantitative estimate of drug-likeness (QED) is 0.625. The van der Waals surface area contributed by atoms with Crippen molar-refractivity contribution in [3.05, 3.63) is 59.5 Å². The van der Waals surface area contributed by atoms with Crippen molar-refractivity contribution in [3.8, 4) is 0 Å². The maximum absolute atomic E-state index is 13.3. The second-order valence-corrected chi connectivity index (χ2v) is 7.70. The highest BCUT2D eigenvalue weighted by molar-refractivity contribution is 6.32. The number of rotatable bonds is 6. The van der Waals surface area contributed by atoms with Crippen LogP contribution in [-0.4, -0.2) is 43.6 Å². The second kappa shape index (κ2) is 9.13. The normalized spacial score (nSPS) is 14.9. The monoisotopic (exact) mass is 425 g/mol. The fraction of sp³-hybridized carbons (Fsp3) is 0.333. The van der Waals surface area contributed by atoms with E-state index in [2.05, 4.69) is 25.7 Å². The summed E-state index contributed by atoms with van der Waals surface area (Å²) in [5.74, 6) is 0.793. The maximum Gasteiger partial charge on any atom is 0.249 e. The van der Waals surface area contributed by atoms with Gasteiger partial charge in [0.25, 0.3) is 0 Å². The van der Waals surface area contributed by atoms with Crippen molar-refractivity contribution in [2.45, 2.75) is 25.3 Å². The van der Waals surface area contributed by atoms with E-state index in [4.69, 9.17) is 11.6 Å². The topological polar surface area (TPSA) is 88.0 Å². The zero-order chi connectivity index (χ0) is 20.9. The van der Waals surface area contributed by atoms with Crippen molar-refractivity contribution in [1.82, 2.24) is 24.6 Å². The third kappa shape index (κ3) is 4.71. The van der Waals surface area contributed by atoms with E-state index in [1.54, 1.807) is 10.9 Å². The van der Waals surface area contributed by atoms with Crippen LogP contribution >= 0.6 is 11.6 Å². The predicted octanol–water partition coefficient (Wildman–Crippen LogP) is 3.77. The molecule has 0 radical (unpaired) electrons. The van der Waals surface area contributed by atoms with Crippen molar-refractivity contribution < 1.29 is 4.79 Å². The average Bonchev–Trinajstić information content (AvgIpc) is 3.19. The number of carbonyl (C=O) groups is 1. The van der Waals surface area contributed by atoms with Crippen LogP contribution in [0.2, 0.25) is 5.02 Å². The van der Waals surface area contributed by atoms with E-state index >= 15 is 0 Å². The van der Waals surface area contributed by atoms with Crippen molar-refractivity contribution in [2.75, 3.05) is 23.7 Å². The lowest BCUT2D eigenvalue weighted by atomic mass is 10.0. The Morgan fingerprint density at radius 2 is 1.90 bits per heavy atom. The van der Waals surface area contributed by atoms with Gasteiger partial charge in [-0.1, -0.05) is 41.9 Å². The largest absolute Gasteiger partial charge is 0.353 e. The molecule has 1 amide bonds. The van der Waals surface area contributed by atoms with Gasteiger partial charge < -0.3 is 15.5 Å². The minimum Gasteiger partial charge on any atom is -0.353 e. The standard InChI is InChI=1S/C21H24ClN7O/c1-28-14-16(12-24-28)25-21-23-13-17(22)19(27-21)26-18(15-8-4-2-5-9-15)20(30)29-10-6-3-7-11-29/h2,4-5,8-9,12-14,18H,3,6-7,10-11H2,1H3,(H2,23,25,26,27)/t18-/m0/s1. The van der Waals surface area contributed by atoms with Crippen LogP contribution < -0.4 is 10.6 Å². The number of hydrogen-bond acceptors (Lipinski definition) is 6. The molecule has 2 N–H and O–H groups in total. The maximum atomic E-state index is 13.3. The van der Waals surface area contributed by atoms with Crippen LogP contribution in [0.15, 0.2) is 48.9 Å². The molecule has 0 aliphatic carbocycles. The zero-order valence-electron chi connectivity index (χ0n) is 16.8. The van der Waals surface area contributed by atoms with Crippen LogP contribution in [0.1, 0.15) is 30.9 Å². The number of halogens is 1.